The van der Waals surface area contributed by atoms with Crippen molar-refractivity contribution in [3.8, 4) is 5.75 Å². The van der Waals surface area contributed by atoms with Crippen LogP contribution in [0.5, 0.6) is 5.75 Å². The summed E-state index contributed by atoms with van der Waals surface area (Å²) >= 11 is 7.77. The Hall–Kier alpha value is -2.37. The van der Waals surface area contributed by atoms with E-state index in [9.17, 15) is 18.0 Å². The van der Waals surface area contributed by atoms with Gasteiger partial charge in [-0.05, 0) is 30.0 Å². The first kappa shape index (κ1) is 19.4. The zero-order valence-electron chi connectivity index (χ0n) is 13.0. The van der Waals surface area contributed by atoms with Crippen LogP contribution in [-0.2, 0) is 6.18 Å². The van der Waals surface area contributed by atoms with E-state index in [4.69, 9.17) is 16.3 Å². The number of amides is 1. The third kappa shape index (κ3) is 5.31. The van der Waals surface area contributed by atoms with E-state index < -0.39 is 17.8 Å². The van der Waals surface area contributed by atoms with Gasteiger partial charge in [-0.3, -0.25) is 5.32 Å². The predicted molar refractivity (Wildman–Crippen MR) is 94.4 cm³/mol. The van der Waals surface area contributed by atoms with E-state index in [0.717, 1.165) is 29.2 Å². The number of benzene rings is 1. The number of pyridine rings is 1. The van der Waals surface area contributed by atoms with Gasteiger partial charge in [-0.1, -0.05) is 41.1 Å². The van der Waals surface area contributed by atoms with Crippen LogP contribution in [0.15, 0.2) is 52.0 Å². The van der Waals surface area contributed by atoms with Crippen molar-refractivity contribution in [2.75, 3.05) is 5.32 Å². The van der Waals surface area contributed by atoms with E-state index in [0.29, 0.717) is 16.3 Å². The zero-order valence-corrected chi connectivity index (χ0v) is 15.4. The lowest BCUT2D eigenvalue weighted by Gasteiger charge is -2.07. The molecule has 0 aliphatic heterocycles. The van der Waals surface area contributed by atoms with Crippen molar-refractivity contribution in [3.63, 3.8) is 0 Å². The molecule has 0 aliphatic carbocycles. The van der Waals surface area contributed by atoms with Gasteiger partial charge in [-0.2, -0.15) is 13.2 Å². The molecule has 2 heterocycles. The second-order valence-corrected chi connectivity index (χ2v) is 7.43. The lowest BCUT2D eigenvalue weighted by Crippen LogP contribution is -2.16. The van der Waals surface area contributed by atoms with Crippen LogP contribution in [0.25, 0.3) is 0 Å². The maximum atomic E-state index is 12.6. The number of para-hydroxylation sites is 1. The van der Waals surface area contributed by atoms with Gasteiger partial charge in [0.25, 0.3) is 0 Å². The van der Waals surface area contributed by atoms with Gasteiger partial charge in [-0.15, -0.1) is 10.2 Å². The molecule has 0 spiro atoms. The molecule has 0 saturated heterocycles. The van der Waals surface area contributed by atoms with Crippen molar-refractivity contribution >= 4 is 45.9 Å². The largest absolute Gasteiger partial charge is 0.418 e. The van der Waals surface area contributed by atoms with Gasteiger partial charge in [0.15, 0.2) is 4.34 Å². The van der Waals surface area contributed by atoms with Crippen LogP contribution in [0.1, 0.15) is 5.56 Å². The molecule has 0 bridgehead atoms. The minimum atomic E-state index is -4.53. The molecule has 1 N–H and O–H groups in total. The predicted octanol–water partition coefficient (Wildman–Crippen LogP) is 5.37. The standard InChI is InChI=1S/C15H8ClF3N4O2S2/c16-10-6-8(15(17,18)19)7-20-11(10)26-14-23-22-12(27-14)21-13(24)25-9-4-2-1-3-5-9/h1-7H,(H,21,22,24). The van der Waals surface area contributed by atoms with Crippen molar-refractivity contribution in [3.05, 3.63) is 53.2 Å². The molecular weight excluding hydrogens is 425 g/mol. The van der Waals surface area contributed by atoms with Gasteiger partial charge in [0.05, 0.1) is 10.6 Å². The highest BCUT2D eigenvalue weighted by Crippen LogP contribution is 2.37. The van der Waals surface area contributed by atoms with Gasteiger partial charge < -0.3 is 4.74 Å². The highest BCUT2D eigenvalue weighted by molar-refractivity contribution is 8.01. The van der Waals surface area contributed by atoms with E-state index in [1.807, 2.05) is 0 Å². The van der Waals surface area contributed by atoms with Crippen molar-refractivity contribution < 1.29 is 22.7 Å². The molecule has 3 rings (SSSR count). The molecular formula is C15H8ClF3N4O2S2. The third-order valence-corrected chi connectivity index (χ3v) is 5.20. The number of rotatable bonds is 4. The van der Waals surface area contributed by atoms with Crippen molar-refractivity contribution in [2.24, 2.45) is 0 Å². The van der Waals surface area contributed by atoms with Gasteiger partial charge in [0.1, 0.15) is 10.8 Å². The van der Waals surface area contributed by atoms with E-state index in [1.165, 1.54) is 0 Å². The average molecular weight is 433 g/mol. The van der Waals surface area contributed by atoms with Crippen LogP contribution in [0.4, 0.5) is 23.1 Å². The molecule has 140 valence electrons. The molecule has 0 aliphatic rings. The molecule has 12 heteroatoms. The summed E-state index contributed by atoms with van der Waals surface area (Å²) in [4.78, 5) is 15.5. The zero-order chi connectivity index (χ0) is 19.4. The van der Waals surface area contributed by atoms with Crippen LogP contribution in [0, 0.1) is 0 Å². The highest BCUT2D eigenvalue weighted by atomic mass is 35.5. The topological polar surface area (TPSA) is 77.0 Å². The fourth-order valence-corrected chi connectivity index (χ4v) is 3.64. The van der Waals surface area contributed by atoms with E-state index in [1.54, 1.807) is 30.3 Å². The first-order valence-corrected chi connectivity index (χ1v) is 9.10. The van der Waals surface area contributed by atoms with Crippen molar-refractivity contribution in [2.45, 2.75) is 15.5 Å². The van der Waals surface area contributed by atoms with Crippen LogP contribution in [0.2, 0.25) is 5.02 Å². The Balaban J connectivity index is 1.63. The molecule has 3 aromatic rings. The molecule has 0 saturated carbocycles. The molecule has 0 fully saturated rings. The summed E-state index contributed by atoms with van der Waals surface area (Å²) < 4.78 is 43.3. The molecule has 1 amide bonds. The second kappa shape index (κ2) is 8.11. The maximum absolute atomic E-state index is 12.6. The summed E-state index contributed by atoms with van der Waals surface area (Å²) in [6.07, 6.45) is -4.59. The number of halogens is 4. The normalized spacial score (nSPS) is 11.3. The van der Waals surface area contributed by atoms with Gasteiger partial charge in [0.2, 0.25) is 5.13 Å². The van der Waals surface area contributed by atoms with E-state index in [2.05, 4.69) is 20.5 Å². The Kier molecular flexibility index (Phi) is 5.82. The Morgan fingerprint density at radius 1 is 1.22 bits per heavy atom. The summed E-state index contributed by atoms with van der Waals surface area (Å²) in [6.45, 7) is 0. The summed E-state index contributed by atoms with van der Waals surface area (Å²) in [5, 5.41) is 10.1. The summed E-state index contributed by atoms with van der Waals surface area (Å²) in [7, 11) is 0. The SMILES string of the molecule is O=C(Nc1nnc(Sc2ncc(C(F)(F)F)cc2Cl)s1)Oc1ccccc1. The fraction of sp³-hybridized carbons (Fsp3) is 0.0667. The Morgan fingerprint density at radius 3 is 2.63 bits per heavy atom. The van der Waals surface area contributed by atoms with Gasteiger partial charge >= 0.3 is 12.3 Å². The number of alkyl halides is 3. The number of nitrogens with zero attached hydrogens (tertiary/aromatic N) is 3. The third-order valence-electron chi connectivity index (χ3n) is 2.89. The van der Waals surface area contributed by atoms with Crippen molar-refractivity contribution in [1.29, 1.82) is 0 Å². The fourth-order valence-electron chi connectivity index (χ4n) is 1.75. The number of ether oxygens (including phenoxy) is 1. The Morgan fingerprint density at radius 2 is 1.96 bits per heavy atom. The lowest BCUT2D eigenvalue weighted by molar-refractivity contribution is -0.137. The number of anilines is 1. The molecule has 0 unspecified atom stereocenters. The number of hydrogen-bond donors (Lipinski definition) is 1. The molecule has 6 nitrogen and oxygen atoms in total. The minimum Gasteiger partial charge on any atom is -0.410 e. The molecule has 1 aromatic carbocycles. The Bertz CT molecular complexity index is 954. The van der Waals surface area contributed by atoms with Crippen LogP contribution in [-0.4, -0.2) is 21.3 Å². The van der Waals surface area contributed by atoms with Crippen molar-refractivity contribution in [1.82, 2.24) is 15.2 Å². The average Bonchev–Trinajstić information content (AvgIpc) is 3.03. The highest BCUT2D eigenvalue weighted by Gasteiger charge is 2.31. The number of carbonyl (C=O) groups is 1. The monoisotopic (exact) mass is 432 g/mol. The van der Waals surface area contributed by atoms with Gasteiger partial charge in [-0.25, -0.2) is 9.78 Å². The lowest BCUT2D eigenvalue weighted by atomic mass is 10.3. The van der Waals surface area contributed by atoms with Gasteiger partial charge in [0, 0.05) is 6.20 Å². The van der Waals surface area contributed by atoms with E-state index >= 15 is 0 Å². The molecule has 2 aromatic heterocycles. The number of nitrogens with one attached hydrogen (secondary N) is 1. The molecule has 27 heavy (non-hydrogen) atoms. The van der Waals surface area contributed by atoms with Crippen LogP contribution in [0.3, 0.4) is 0 Å². The Labute approximate surface area is 163 Å². The van der Waals surface area contributed by atoms with Crippen LogP contribution >= 0.6 is 34.7 Å². The molecule has 0 atom stereocenters. The summed E-state index contributed by atoms with van der Waals surface area (Å²) in [6, 6.07) is 9.21. The quantitative estimate of drug-likeness (QED) is 0.559. The molecule has 0 radical (unpaired) electrons. The first-order valence-electron chi connectivity index (χ1n) is 7.09. The maximum Gasteiger partial charge on any atom is 0.418 e. The first-order chi connectivity index (χ1) is 12.8. The summed E-state index contributed by atoms with van der Waals surface area (Å²) in [5.41, 5.74) is -0.944. The minimum absolute atomic E-state index is 0.138. The summed E-state index contributed by atoms with van der Waals surface area (Å²) in [5.74, 6) is 0.356. The van der Waals surface area contributed by atoms with Crippen LogP contribution < -0.4 is 10.1 Å². The number of aromatic nitrogens is 3. The smallest absolute Gasteiger partial charge is 0.410 e. The van der Waals surface area contributed by atoms with E-state index in [-0.39, 0.29) is 15.2 Å². The second-order valence-electron chi connectivity index (χ2n) is 4.81. The number of carbonyl (C=O) groups excluding carboxylic acids is 1. The number of hydrogen-bond acceptors (Lipinski definition) is 7.